The van der Waals surface area contributed by atoms with Crippen LogP contribution in [0.3, 0.4) is 0 Å². The molecule has 1 aromatic heterocycles. The fourth-order valence-corrected chi connectivity index (χ4v) is 2.71. The molecule has 0 fully saturated rings. The molecule has 0 atom stereocenters. The Balaban J connectivity index is 1.76. The molecule has 0 aliphatic heterocycles. The molecule has 3 nitrogen and oxygen atoms in total. The minimum absolute atomic E-state index is 0.657. The van der Waals surface area contributed by atoms with Gasteiger partial charge in [-0.2, -0.15) is 0 Å². The average molecular weight is 326 g/mol. The van der Waals surface area contributed by atoms with Gasteiger partial charge >= 0.3 is 0 Å². The summed E-state index contributed by atoms with van der Waals surface area (Å²) in [6, 6.07) is 14.4. The van der Waals surface area contributed by atoms with E-state index in [1.807, 2.05) is 30.5 Å². The van der Waals surface area contributed by atoms with Crippen LogP contribution in [0.25, 0.3) is 0 Å². The number of benzene rings is 1. The molecule has 2 rings (SSSR count). The fraction of sp³-hybridized carbons (Fsp3) is 0.476. The van der Waals surface area contributed by atoms with Crippen molar-refractivity contribution in [1.29, 1.82) is 0 Å². The smallest absolute Gasteiger partial charge is 0.119 e. The molecule has 1 aromatic carbocycles. The Kier molecular flexibility index (Phi) is 7.76. The number of aromatic nitrogens is 1. The Morgan fingerprint density at radius 2 is 2.00 bits per heavy atom. The summed E-state index contributed by atoms with van der Waals surface area (Å²) in [6.45, 7) is 7.33. The molecular weight excluding hydrogens is 296 g/mol. The van der Waals surface area contributed by atoms with Crippen molar-refractivity contribution < 1.29 is 4.74 Å². The molecule has 0 saturated carbocycles. The number of hydrogen-bond acceptors (Lipinski definition) is 3. The van der Waals surface area contributed by atoms with Crippen LogP contribution in [-0.4, -0.2) is 30.1 Å². The summed E-state index contributed by atoms with van der Waals surface area (Å²) in [6.07, 6.45) is 5.21. The van der Waals surface area contributed by atoms with Gasteiger partial charge in [0.2, 0.25) is 0 Å². The zero-order valence-electron chi connectivity index (χ0n) is 15.2. The lowest BCUT2D eigenvalue weighted by molar-refractivity contribution is 0.306. The van der Waals surface area contributed by atoms with E-state index in [1.54, 1.807) is 0 Å². The van der Waals surface area contributed by atoms with Gasteiger partial charge in [0.25, 0.3) is 0 Å². The van der Waals surface area contributed by atoms with Gasteiger partial charge in [-0.25, -0.2) is 0 Å². The predicted octanol–water partition coefficient (Wildman–Crippen LogP) is 4.57. The van der Waals surface area contributed by atoms with Crippen molar-refractivity contribution in [2.75, 3.05) is 20.2 Å². The zero-order chi connectivity index (χ0) is 17.2. The first-order chi connectivity index (χ1) is 11.6. The molecule has 0 unspecified atom stereocenters. The summed E-state index contributed by atoms with van der Waals surface area (Å²) >= 11 is 0. The molecular formula is C21H30N2O. The van der Waals surface area contributed by atoms with Crippen molar-refractivity contribution in [3.8, 4) is 5.75 Å². The normalized spacial score (nSPS) is 11.2. The summed E-state index contributed by atoms with van der Waals surface area (Å²) in [5.41, 5.74) is 2.37. The molecule has 0 amide bonds. The van der Waals surface area contributed by atoms with E-state index in [9.17, 15) is 0 Å². The van der Waals surface area contributed by atoms with E-state index in [-0.39, 0.29) is 0 Å². The molecule has 0 bridgehead atoms. The van der Waals surface area contributed by atoms with E-state index in [1.165, 1.54) is 18.4 Å². The second-order valence-electron chi connectivity index (χ2n) is 6.84. The first-order valence-electron chi connectivity index (χ1n) is 8.93. The van der Waals surface area contributed by atoms with Gasteiger partial charge in [0.05, 0.1) is 6.61 Å². The van der Waals surface area contributed by atoms with Crippen LogP contribution in [0.2, 0.25) is 0 Å². The highest BCUT2D eigenvalue weighted by molar-refractivity contribution is 5.28. The maximum Gasteiger partial charge on any atom is 0.119 e. The summed E-state index contributed by atoms with van der Waals surface area (Å²) < 4.78 is 5.89. The Morgan fingerprint density at radius 3 is 2.75 bits per heavy atom. The maximum atomic E-state index is 5.89. The van der Waals surface area contributed by atoms with Crippen molar-refractivity contribution in [2.45, 2.75) is 39.7 Å². The number of rotatable bonds is 10. The van der Waals surface area contributed by atoms with Crippen LogP contribution in [0.15, 0.2) is 48.7 Å². The summed E-state index contributed by atoms with van der Waals surface area (Å²) in [5.74, 6) is 1.73. The minimum Gasteiger partial charge on any atom is -0.493 e. The van der Waals surface area contributed by atoms with E-state index < -0.39 is 0 Å². The molecule has 0 saturated heterocycles. The van der Waals surface area contributed by atoms with E-state index in [2.05, 4.69) is 49.0 Å². The highest BCUT2D eigenvalue weighted by Gasteiger charge is 2.03. The number of hydrogen-bond donors (Lipinski definition) is 0. The van der Waals surface area contributed by atoms with Gasteiger partial charge in [-0.15, -0.1) is 0 Å². The van der Waals surface area contributed by atoms with Crippen molar-refractivity contribution in [1.82, 2.24) is 9.88 Å². The minimum atomic E-state index is 0.657. The molecule has 2 aromatic rings. The van der Waals surface area contributed by atoms with Crippen molar-refractivity contribution in [3.63, 3.8) is 0 Å². The van der Waals surface area contributed by atoms with Crippen LogP contribution in [0.4, 0.5) is 0 Å². The van der Waals surface area contributed by atoms with Gasteiger partial charge in [-0.3, -0.25) is 4.98 Å². The maximum absolute atomic E-state index is 5.89. The summed E-state index contributed by atoms with van der Waals surface area (Å²) in [4.78, 5) is 6.71. The van der Waals surface area contributed by atoms with Gasteiger partial charge in [0, 0.05) is 24.9 Å². The molecule has 24 heavy (non-hydrogen) atoms. The fourth-order valence-electron chi connectivity index (χ4n) is 2.71. The number of pyridine rings is 1. The Hall–Kier alpha value is -1.87. The molecule has 0 aliphatic carbocycles. The van der Waals surface area contributed by atoms with Crippen LogP contribution >= 0.6 is 0 Å². The molecule has 3 heteroatoms. The van der Waals surface area contributed by atoms with Gasteiger partial charge in [-0.05, 0) is 62.2 Å². The number of ether oxygens (including phenoxy) is 1. The van der Waals surface area contributed by atoms with Crippen LogP contribution in [0, 0.1) is 5.92 Å². The highest BCUT2D eigenvalue weighted by Crippen LogP contribution is 2.15. The van der Waals surface area contributed by atoms with E-state index in [0.717, 1.165) is 36.9 Å². The van der Waals surface area contributed by atoms with Crippen molar-refractivity contribution >= 4 is 0 Å². The first kappa shape index (κ1) is 18.5. The first-order valence-corrected chi connectivity index (χ1v) is 8.93. The topological polar surface area (TPSA) is 25.4 Å². The third-order valence-electron chi connectivity index (χ3n) is 4.03. The Bertz CT molecular complexity index is 583. The lowest BCUT2D eigenvalue weighted by Gasteiger charge is -2.17. The van der Waals surface area contributed by atoms with Crippen molar-refractivity contribution in [3.05, 3.63) is 59.9 Å². The molecule has 0 N–H and O–H groups in total. The number of nitrogens with zero attached hydrogens (tertiary/aromatic N) is 2. The lowest BCUT2D eigenvalue weighted by Crippen LogP contribution is -2.19. The highest BCUT2D eigenvalue weighted by atomic mass is 16.5. The van der Waals surface area contributed by atoms with E-state index in [0.29, 0.717) is 6.61 Å². The van der Waals surface area contributed by atoms with Crippen LogP contribution in [0.1, 0.15) is 37.9 Å². The van der Waals surface area contributed by atoms with Gasteiger partial charge in [-0.1, -0.05) is 32.0 Å². The quantitative estimate of drug-likeness (QED) is 0.639. The summed E-state index contributed by atoms with van der Waals surface area (Å²) in [5, 5.41) is 0. The third kappa shape index (κ3) is 7.14. The van der Waals surface area contributed by atoms with Gasteiger partial charge < -0.3 is 9.64 Å². The van der Waals surface area contributed by atoms with E-state index in [4.69, 9.17) is 4.74 Å². The van der Waals surface area contributed by atoms with Crippen molar-refractivity contribution in [2.24, 2.45) is 5.92 Å². The van der Waals surface area contributed by atoms with Crippen LogP contribution < -0.4 is 4.74 Å². The predicted molar refractivity (Wildman–Crippen MR) is 100 cm³/mol. The van der Waals surface area contributed by atoms with Gasteiger partial charge in [0.15, 0.2) is 0 Å². The SMILES string of the molecule is CC(C)CCCN(C)Cc1cccc(OCCc2ccccn2)c1. The Morgan fingerprint density at radius 1 is 1.12 bits per heavy atom. The largest absolute Gasteiger partial charge is 0.493 e. The van der Waals surface area contributed by atoms with E-state index >= 15 is 0 Å². The molecule has 0 spiro atoms. The second kappa shape index (κ2) is 10.1. The molecule has 1 heterocycles. The Labute approximate surface area is 146 Å². The molecule has 0 radical (unpaired) electrons. The van der Waals surface area contributed by atoms with Crippen LogP contribution in [-0.2, 0) is 13.0 Å². The monoisotopic (exact) mass is 326 g/mol. The van der Waals surface area contributed by atoms with Crippen LogP contribution in [0.5, 0.6) is 5.75 Å². The molecule has 130 valence electrons. The van der Waals surface area contributed by atoms with Gasteiger partial charge in [0.1, 0.15) is 5.75 Å². The standard InChI is InChI=1S/C21H30N2O/c1-18(2)8-7-14-23(3)17-19-9-6-11-21(16-19)24-15-12-20-10-4-5-13-22-20/h4-6,9-11,13,16,18H,7-8,12,14-15,17H2,1-3H3. The lowest BCUT2D eigenvalue weighted by atomic mass is 10.1. The third-order valence-corrected chi connectivity index (χ3v) is 4.03. The average Bonchev–Trinajstić information content (AvgIpc) is 2.56. The summed E-state index contributed by atoms with van der Waals surface area (Å²) in [7, 11) is 2.19. The molecule has 0 aliphatic rings. The zero-order valence-corrected chi connectivity index (χ0v) is 15.2. The second-order valence-corrected chi connectivity index (χ2v) is 6.84.